The average Bonchev–Trinajstić information content (AvgIpc) is 2.53. The van der Waals surface area contributed by atoms with Crippen LogP contribution in [0.15, 0.2) is 24.5 Å². The molecule has 1 aromatic rings. The van der Waals surface area contributed by atoms with Crippen molar-refractivity contribution in [2.75, 3.05) is 6.61 Å². The third kappa shape index (κ3) is 11.2. The van der Waals surface area contributed by atoms with Gasteiger partial charge < -0.3 is 22.1 Å². The summed E-state index contributed by atoms with van der Waals surface area (Å²) in [7, 11) is 0. The highest BCUT2D eigenvalue weighted by molar-refractivity contribution is 5.06. The topological polar surface area (TPSA) is 24.1 Å². The molecule has 0 saturated carbocycles. The van der Waals surface area contributed by atoms with Gasteiger partial charge >= 0.3 is 0 Å². The van der Waals surface area contributed by atoms with E-state index in [4.69, 9.17) is 5.11 Å². The quantitative estimate of drug-likeness (QED) is 0.411. The number of halogens is 1. The van der Waals surface area contributed by atoms with E-state index in [0.717, 1.165) is 19.4 Å². The Balaban J connectivity index is 0.00000441. The number of nitrogens with zero attached hydrogens (tertiary/aromatic N) is 1. The normalized spacial score (nSPS) is 10.5. The summed E-state index contributed by atoms with van der Waals surface area (Å²) in [4.78, 5) is 0. The molecule has 0 bridgehead atoms. The van der Waals surface area contributed by atoms with Crippen molar-refractivity contribution in [3.63, 3.8) is 0 Å². The predicted molar refractivity (Wildman–Crippen MR) is 89.3 cm³/mol. The Labute approximate surface area is 147 Å². The molecule has 1 heterocycles. The number of aliphatic hydroxyl groups excluding tert-OH is 1. The molecule has 0 radical (unpaired) electrons. The molecule has 0 aromatic carbocycles. The van der Waals surface area contributed by atoms with Gasteiger partial charge in [0.05, 0.1) is 0 Å². The Morgan fingerprint density at radius 1 is 0.773 bits per heavy atom. The maximum absolute atomic E-state index is 8.70. The molecular weight excluding hydrogens is 338 g/mol. The van der Waals surface area contributed by atoms with Gasteiger partial charge in [0.15, 0.2) is 12.4 Å². The maximum Gasteiger partial charge on any atom is 0.169 e. The van der Waals surface area contributed by atoms with Gasteiger partial charge in [-0.1, -0.05) is 51.9 Å². The van der Waals surface area contributed by atoms with E-state index in [1.807, 2.05) is 0 Å². The lowest BCUT2D eigenvalue weighted by Gasteiger charge is -2.02. The maximum atomic E-state index is 8.70. The first kappa shape index (κ1) is 21.6. The second-order valence-corrected chi connectivity index (χ2v) is 6.06. The summed E-state index contributed by atoms with van der Waals surface area (Å²) in [6.07, 6.45) is 18.6. The fraction of sp³-hybridized carbons (Fsp3) is 0.737. The van der Waals surface area contributed by atoms with E-state index in [0.29, 0.717) is 6.61 Å². The fourth-order valence-corrected chi connectivity index (χ4v) is 2.69. The molecule has 0 aliphatic carbocycles. The third-order valence-corrected chi connectivity index (χ3v) is 4.19. The molecule has 2 nitrogen and oxygen atoms in total. The Morgan fingerprint density at radius 3 is 1.68 bits per heavy atom. The second-order valence-electron chi connectivity index (χ2n) is 6.06. The molecule has 1 aromatic heterocycles. The first-order valence-corrected chi connectivity index (χ1v) is 8.95. The van der Waals surface area contributed by atoms with Gasteiger partial charge in [0, 0.05) is 25.2 Å². The van der Waals surface area contributed by atoms with Crippen LogP contribution in [0.1, 0.15) is 76.7 Å². The summed E-state index contributed by atoms with van der Waals surface area (Å²) in [5.41, 5.74) is 1.42. The van der Waals surface area contributed by atoms with Gasteiger partial charge in [0.1, 0.15) is 6.54 Å². The minimum atomic E-state index is 0. The molecule has 0 saturated heterocycles. The molecule has 0 fully saturated rings. The minimum Gasteiger partial charge on any atom is -1.00 e. The Morgan fingerprint density at radius 2 is 1.23 bits per heavy atom. The summed E-state index contributed by atoms with van der Waals surface area (Å²) < 4.78 is 2.31. The van der Waals surface area contributed by atoms with Crippen LogP contribution in [-0.4, -0.2) is 11.7 Å². The van der Waals surface area contributed by atoms with Crippen LogP contribution in [0.4, 0.5) is 0 Å². The number of hydrogen-bond acceptors (Lipinski definition) is 1. The summed E-state index contributed by atoms with van der Waals surface area (Å²) in [5, 5.41) is 8.70. The zero-order chi connectivity index (χ0) is 15.2. The lowest BCUT2D eigenvalue weighted by atomic mass is 10.1. The highest BCUT2D eigenvalue weighted by Gasteiger charge is 2.00. The molecule has 0 aliphatic rings. The van der Waals surface area contributed by atoms with Crippen LogP contribution in [0.3, 0.4) is 0 Å². The summed E-state index contributed by atoms with van der Waals surface area (Å²) in [5.74, 6) is 0. The standard InChI is InChI=1S/C19H34NO.BrH/c1-2-19-13-16-20(17-14-19)15-11-9-7-5-3-4-6-8-10-12-18-21;/h13-14,16-17,21H,2-12,15,18H2,1H3;1H/q+1;/p-1. The van der Waals surface area contributed by atoms with Gasteiger partial charge in [-0.2, -0.15) is 0 Å². The van der Waals surface area contributed by atoms with Crippen LogP contribution in [-0.2, 0) is 13.0 Å². The van der Waals surface area contributed by atoms with Crippen molar-refractivity contribution in [1.29, 1.82) is 0 Å². The van der Waals surface area contributed by atoms with Crippen molar-refractivity contribution in [2.45, 2.75) is 84.1 Å². The molecule has 1 N–H and O–H groups in total. The molecule has 0 unspecified atom stereocenters. The van der Waals surface area contributed by atoms with Gasteiger partial charge in [0.2, 0.25) is 0 Å². The Hall–Kier alpha value is -0.410. The van der Waals surface area contributed by atoms with E-state index in [-0.39, 0.29) is 17.0 Å². The van der Waals surface area contributed by atoms with Gasteiger partial charge in [-0.3, -0.25) is 0 Å². The number of hydrogen-bond donors (Lipinski definition) is 1. The third-order valence-electron chi connectivity index (χ3n) is 4.19. The number of aryl methyl sites for hydroxylation is 2. The van der Waals surface area contributed by atoms with E-state index in [9.17, 15) is 0 Å². The van der Waals surface area contributed by atoms with Crippen molar-refractivity contribution >= 4 is 0 Å². The van der Waals surface area contributed by atoms with E-state index in [1.54, 1.807) is 0 Å². The number of unbranched alkanes of at least 4 members (excludes halogenated alkanes) is 9. The first-order chi connectivity index (χ1) is 10.4. The van der Waals surface area contributed by atoms with Crippen molar-refractivity contribution in [2.24, 2.45) is 0 Å². The van der Waals surface area contributed by atoms with Gasteiger partial charge in [0.25, 0.3) is 0 Å². The number of pyridine rings is 1. The summed E-state index contributed by atoms with van der Waals surface area (Å²) in [6.45, 7) is 3.72. The van der Waals surface area contributed by atoms with Crippen LogP contribution in [0.2, 0.25) is 0 Å². The summed E-state index contributed by atoms with van der Waals surface area (Å²) >= 11 is 0. The van der Waals surface area contributed by atoms with E-state index >= 15 is 0 Å². The largest absolute Gasteiger partial charge is 1.00 e. The molecule has 0 spiro atoms. The summed E-state index contributed by atoms with van der Waals surface area (Å²) in [6, 6.07) is 4.47. The second kappa shape index (κ2) is 15.5. The minimum absolute atomic E-state index is 0. The van der Waals surface area contributed by atoms with Crippen molar-refractivity contribution in [1.82, 2.24) is 0 Å². The van der Waals surface area contributed by atoms with Gasteiger partial charge in [-0.05, 0) is 24.8 Å². The van der Waals surface area contributed by atoms with E-state index < -0.39 is 0 Å². The zero-order valence-corrected chi connectivity index (χ0v) is 15.9. The first-order valence-electron chi connectivity index (χ1n) is 8.95. The number of aromatic nitrogens is 1. The van der Waals surface area contributed by atoms with Crippen molar-refractivity contribution in [3.8, 4) is 0 Å². The monoisotopic (exact) mass is 371 g/mol. The molecule has 0 atom stereocenters. The van der Waals surface area contributed by atoms with Crippen LogP contribution in [0.25, 0.3) is 0 Å². The average molecular weight is 372 g/mol. The molecule has 0 aliphatic heterocycles. The highest BCUT2D eigenvalue weighted by atomic mass is 79.9. The van der Waals surface area contributed by atoms with Crippen LogP contribution < -0.4 is 21.5 Å². The van der Waals surface area contributed by atoms with E-state index in [1.165, 1.54) is 63.4 Å². The van der Waals surface area contributed by atoms with Crippen molar-refractivity contribution in [3.05, 3.63) is 30.1 Å². The van der Waals surface area contributed by atoms with Crippen LogP contribution in [0.5, 0.6) is 0 Å². The molecule has 3 heteroatoms. The van der Waals surface area contributed by atoms with Crippen molar-refractivity contribution < 1.29 is 26.7 Å². The van der Waals surface area contributed by atoms with Gasteiger partial charge in [-0.15, -0.1) is 0 Å². The zero-order valence-electron chi connectivity index (χ0n) is 14.3. The smallest absolute Gasteiger partial charge is 0.169 e. The SMILES string of the molecule is CCc1cc[n+](CCCCCCCCCCCCO)cc1.[Br-]. The predicted octanol–water partition coefficient (Wildman–Crippen LogP) is 1.43. The molecule has 0 amide bonds. The highest BCUT2D eigenvalue weighted by Crippen LogP contribution is 2.10. The molecule has 128 valence electrons. The Bertz CT molecular complexity index is 340. The number of aliphatic hydroxyl groups is 1. The molecule has 1 rings (SSSR count). The lowest BCUT2D eigenvalue weighted by Crippen LogP contribution is -3.00. The molecular formula is C19H34BrNO. The van der Waals surface area contributed by atoms with Gasteiger partial charge in [-0.25, -0.2) is 4.57 Å². The Kier molecular flexibility index (Phi) is 15.2. The van der Waals surface area contributed by atoms with Crippen LogP contribution >= 0.6 is 0 Å². The van der Waals surface area contributed by atoms with Crippen LogP contribution in [0, 0.1) is 0 Å². The molecule has 22 heavy (non-hydrogen) atoms. The number of rotatable bonds is 13. The van der Waals surface area contributed by atoms with E-state index in [2.05, 4.69) is 36.0 Å². The lowest BCUT2D eigenvalue weighted by molar-refractivity contribution is -0.697. The fourth-order valence-electron chi connectivity index (χ4n) is 2.69.